The summed E-state index contributed by atoms with van der Waals surface area (Å²) in [5, 5.41) is 2.96. The smallest absolute Gasteiger partial charge is 0.229 e. The van der Waals surface area contributed by atoms with Crippen LogP contribution in [0.2, 0.25) is 0 Å². The number of hydrogen-bond acceptors (Lipinski definition) is 3. The predicted octanol–water partition coefficient (Wildman–Crippen LogP) is 3.57. The van der Waals surface area contributed by atoms with Crippen LogP contribution in [0, 0.1) is 12.8 Å². The van der Waals surface area contributed by atoms with Gasteiger partial charge in [-0.2, -0.15) is 0 Å². The molecule has 0 radical (unpaired) electrons. The second kappa shape index (κ2) is 9.70. The fourth-order valence-corrected chi connectivity index (χ4v) is 3.32. The van der Waals surface area contributed by atoms with Crippen molar-refractivity contribution in [3.63, 3.8) is 0 Å². The molecule has 0 fully saturated rings. The Labute approximate surface area is 158 Å². The Kier molecular flexibility index (Phi) is 8.29. The fraction of sp³-hybridized carbons (Fsp3) is 0.316. The number of amides is 1. The number of halogens is 1. The molecule has 3 unspecified atom stereocenters. The van der Waals surface area contributed by atoms with Crippen LogP contribution in [0.4, 0.5) is 5.69 Å². The molecule has 0 spiro atoms. The third-order valence-corrected chi connectivity index (χ3v) is 4.92. The summed E-state index contributed by atoms with van der Waals surface area (Å²) in [5.41, 5.74) is 9.83. The number of benzene rings is 2. The second-order valence-corrected chi connectivity index (χ2v) is 7.46. The van der Waals surface area contributed by atoms with Crippen LogP contribution in [0.3, 0.4) is 0 Å². The Morgan fingerprint density at radius 2 is 1.80 bits per heavy atom. The van der Waals surface area contributed by atoms with Gasteiger partial charge in [0, 0.05) is 34.5 Å². The first kappa shape index (κ1) is 21.4. The van der Waals surface area contributed by atoms with E-state index in [2.05, 4.69) is 5.32 Å². The highest BCUT2D eigenvalue weighted by Gasteiger charge is 2.22. The maximum absolute atomic E-state index is 12.6. The Hall–Kier alpha value is -1.69. The highest BCUT2D eigenvalue weighted by atomic mass is 35.5. The zero-order chi connectivity index (χ0) is 17.7. The molecule has 0 aliphatic rings. The van der Waals surface area contributed by atoms with Crippen LogP contribution >= 0.6 is 12.4 Å². The van der Waals surface area contributed by atoms with Gasteiger partial charge in [0.15, 0.2) is 0 Å². The van der Waals surface area contributed by atoms with E-state index in [1.54, 1.807) is 6.26 Å². The van der Waals surface area contributed by atoms with Gasteiger partial charge in [0.05, 0.1) is 5.92 Å². The number of carbonyl (C=O) groups excluding carboxylic acids is 1. The van der Waals surface area contributed by atoms with Crippen molar-refractivity contribution in [2.24, 2.45) is 11.7 Å². The first-order valence-electron chi connectivity index (χ1n) is 7.90. The van der Waals surface area contributed by atoms with Gasteiger partial charge in [0.2, 0.25) is 5.91 Å². The molecule has 0 aliphatic carbocycles. The van der Waals surface area contributed by atoms with Crippen LogP contribution in [-0.2, 0) is 21.3 Å². The molecule has 3 atom stereocenters. The van der Waals surface area contributed by atoms with Gasteiger partial charge in [0.25, 0.3) is 0 Å². The van der Waals surface area contributed by atoms with Gasteiger partial charge in [-0.1, -0.05) is 49.4 Å². The van der Waals surface area contributed by atoms with Gasteiger partial charge in [-0.05, 0) is 29.7 Å². The topological polar surface area (TPSA) is 72.2 Å². The lowest BCUT2D eigenvalue weighted by Gasteiger charge is -2.21. The van der Waals surface area contributed by atoms with Gasteiger partial charge in [0.1, 0.15) is 0 Å². The van der Waals surface area contributed by atoms with Gasteiger partial charge in [-0.25, -0.2) is 0 Å². The minimum absolute atomic E-state index is 0. The van der Waals surface area contributed by atoms with E-state index in [0.29, 0.717) is 5.75 Å². The summed E-state index contributed by atoms with van der Waals surface area (Å²) in [6.07, 6.45) is 1.67. The molecule has 6 heteroatoms. The third kappa shape index (κ3) is 5.66. The molecule has 0 saturated carbocycles. The molecule has 0 saturated heterocycles. The molecule has 2 aromatic rings. The summed E-state index contributed by atoms with van der Waals surface area (Å²) in [5.74, 6) is -0.00534. The minimum atomic E-state index is -0.922. The van der Waals surface area contributed by atoms with Crippen molar-refractivity contribution in [1.82, 2.24) is 0 Å². The molecule has 0 aromatic heterocycles. The summed E-state index contributed by atoms with van der Waals surface area (Å²) >= 11 is 0. The van der Waals surface area contributed by atoms with E-state index in [0.717, 1.165) is 22.4 Å². The zero-order valence-corrected chi connectivity index (χ0v) is 16.3. The van der Waals surface area contributed by atoms with Crippen LogP contribution in [-0.4, -0.2) is 16.4 Å². The van der Waals surface area contributed by atoms with Crippen molar-refractivity contribution < 1.29 is 9.00 Å². The maximum atomic E-state index is 12.6. The van der Waals surface area contributed by atoms with E-state index in [1.807, 2.05) is 62.4 Å². The van der Waals surface area contributed by atoms with Crippen molar-refractivity contribution in [2.75, 3.05) is 11.6 Å². The van der Waals surface area contributed by atoms with Gasteiger partial charge >= 0.3 is 0 Å². The number of anilines is 1. The molecule has 2 rings (SSSR count). The third-order valence-electron chi connectivity index (χ3n) is 4.20. The van der Waals surface area contributed by atoms with Crippen molar-refractivity contribution in [1.29, 1.82) is 0 Å². The van der Waals surface area contributed by atoms with Gasteiger partial charge < -0.3 is 11.1 Å². The lowest BCUT2D eigenvalue weighted by atomic mass is 9.94. The van der Waals surface area contributed by atoms with Crippen molar-refractivity contribution >= 4 is 34.8 Å². The quantitative estimate of drug-likeness (QED) is 0.804. The van der Waals surface area contributed by atoms with E-state index in [-0.39, 0.29) is 30.3 Å². The normalized spacial score (nSPS) is 14.1. The number of rotatable bonds is 6. The van der Waals surface area contributed by atoms with Crippen LogP contribution in [0.1, 0.15) is 29.7 Å². The lowest BCUT2D eigenvalue weighted by Crippen LogP contribution is -2.30. The summed E-state index contributed by atoms with van der Waals surface area (Å²) in [7, 11) is -0.922. The van der Waals surface area contributed by atoms with Crippen molar-refractivity contribution in [3.05, 3.63) is 65.2 Å². The average molecular weight is 381 g/mol. The summed E-state index contributed by atoms with van der Waals surface area (Å²) in [6.45, 7) is 3.76. The molecule has 4 nitrogen and oxygen atoms in total. The molecular formula is C19H25ClN2O2S. The van der Waals surface area contributed by atoms with Crippen LogP contribution in [0.15, 0.2) is 48.5 Å². The molecule has 0 aliphatic heterocycles. The Bertz CT molecular complexity index is 737. The van der Waals surface area contributed by atoms with Crippen molar-refractivity contribution in [2.45, 2.75) is 25.6 Å². The monoisotopic (exact) mass is 380 g/mol. The Morgan fingerprint density at radius 3 is 2.40 bits per heavy atom. The predicted molar refractivity (Wildman–Crippen MR) is 107 cm³/mol. The van der Waals surface area contributed by atoms with Crippen molar-refractivity contribution in [3.8, 4) is 0 Å². The summed E-state index contributed by atoms with van der Waals surface area (Å²) in [4.78, 5) is 12.6. The van der Waals surface area contributed by atoms with Gasteiger partial charge in [-0.15, -0.1) is 12.4 Å². The molecule has 0 bridgehead atoms. The lowest BCUT2D eigenvalue weighted by molar-refractivity contribution is -0.120. The Balaban J connectivity index is 0.00000312. The molecule has 1 amide bonds. The van der Waals surface area contributed by atoms with E-state index in [4.69, 9.17) is 5.73 Å². The average Bonchev–Trinajstić information content (AvgIpc) is 2.57. The van der Waals surface area contributed by atoms with Gasteiger partial charge in [-0.3, -0.25) is 9.00 Å². The molecule has 25 heavy (non-hydrogen) atoms. The van der Waals surface area contributed by atoms with E-state index < -0.39 is 10.8 Å². The summed E-state index contributed by atoms with van der Waals surface area (Å²) in [6, 6.07) is 14.9. The van der Waals surface area contributed by atoms with Crippen LogP contribution in [0.5, 0.6) is 0 Å². The highest BCUT2D eigenvalue weighted by Crippen LogP contribution is 2.24. The molecule has 2 aromatic carbocycles. The van der Waals surface area contributed by atoms with E-state index in [9.17, 15) is 9.00 Å². The minimum Gasteiger partial charge on any atom is -0.326 e. The fourth-order valence-electron chi connectivity index (χ4n) is 2.57. The summed E-state index contributed by atoms with van der Waals surface area (Å²) < 4.78 is 11.5. The standard InChI is InChI=1S/C19H24N2O2S.ClH/c1-13-16(12-24(3)23)10-7-11-17(13)21-19(22)14(2)18(20)15-8-5-4-6-9-15;/h4-11,14,18H,12,20H2,1-3H3,(H,21,22);1H. The molecule has 3 N–H and O–H groups in total. The number of carbonyl (C=O) groups is 1. The second-order valence-electron chi connectivity index (χ2n) is 6.02. The maximum Gasteiger partial charge on any atom is 0.229 e. The molecule has 136 valence electrons. The van der Waals surface area contributed by atoms with E-state index in [1.165, 1.54) is 0 Å². The first-order chi connectivity index (χ1) is 11.4. The number of hydrogen-bond donors (Lipinski definition) is 2. The largest absolute Gasteiger partial charge is 0.326 e. The zero-order valence-electron chi connectivity index (χ0n) is 14.7. The molecule has 0 heterocycles. The molecular weight excluding hydrogens is 356 g/mol. The number of nitrogens with one attached hydrogen (secondary N) is 1. The van der Waals surface area contributed by atoms with Crippen LogP contribution < -0.4 is 11.1 Å². The van der Waals surface area contributed by atoms with E-state index >= 15 is 0 Å². The number of nitrogens with two attached hydrogens (primary N) is 1. The highest BCUT2D eigenvalue weighted by molar-refractivity contribution is 7.83. The first-order valence-corrected chi connectivity index (χ1v) is 9.62. The Morgan fingerprint density at radius 1 is 1.16 bits per heavy atom. The SMILES string of the molecule is Cc1c(CS(C)=O)cccc1NC(=O)C(C)C(N)c1ccccc1.Cl. The van der Waals surface area contributed by atoms with Crippen LogP contribution in [0.25, 0.3) is 0 Å².